The molecule has 0 aliphatic carbocycles. The van der Waals surface area contributed by atoms with Crippen molar-refractivity contribution in [1.82, 2.24) is 0 Å². The molecule has 0 aliphatic heterocycles. The fourth-order valence-corrected chi connectivity index (χ4v) is 2.15. The Kier molecular flexibility index (Phi) is 5.33. The average Bonchev–Trinajstić information content (AvgIpc) is 2.34. The van der Waals surface area contributed by atoms with E-state index in [0.29, 0.717) is 30.3 Å². The molecule has 0 radical (unpaired) electrons. The van der Waals surface area contributed by atoms with Gasteiger partial charge >= 0.3 is 0 Å². The third kappa shape index (κ3) is 5.05. The Bertz CT molecular complexity index is 472. The van der Waals surface area contributed by atoms with Crippen LogP contribution in [0, 0.1) is 16.0 Å². The van der Waals surface area contributed by atoms with Crippen molar-refractivity contribution < 1.29 is 14.8 Å². The van der Waals surface area contributed by atoms with Crippen LogP contribution in [0.3, 0.4) is 0 Å². The van der Waals surface area contributed by atoms with Gasteiger partial charge in [0, 0.05) is 24.4 Å². The van der Waals surface area contributed by atoms with E-state index in [1.54, 1.807) is 13.0 Å². The zero-order valence-electron chi connectivity index (χ0n) is 12.3. The number of anilines is 1. The number of benzene rings is 1. The van der Waals surface area contributed by atoms with Crippen LogP contribution in [0.1, 0.15) is 27.2 Å². The van der Waals surface area contributed by atoms with Crippen molar-refractivity contribution in [3.8, 4) is 5.75 Å². The van der Waals surface area contributed by atoms with Crippen molar-refractivity contribution in [3.05, 3.63) is 28.3 Å². The summed E-state index contributed by atoms with van der Waals surface area (Å²) in [6, 6.07) is 4.45. The van der Waals surface area contributed by atoms with Gasteiger partial charge < -0.3 is 15.2 Å². The largest absolute Gasteiger partial charge is 0.496 e. The molecule has 0 amide bonds. The Hall–Kier alpha value is -1.82. The first-order valence-corrected chi connectivity index (χ1v) is 6.53. The quantitative estimate of drug-likeness (QED) is 0.593. The second-order valence-electron chi connectivity index (χ2n) is 5.63. The lowest BCUT2D eigenvalue weighted by atomic mass is 9.94. The lowest BCUT2D eigenvalue weighted by Crippen LogP contribution is -2.34. The van der Waals surface area contributed by atoms with Gasteiger partial charge in [-0.25, -0.2) is 0 Å². The van der Waals surface area contributed by atoms with Crippen molar-refractivity contribution in [2.24, 2.45) is 5.92 Å². The molecule has 0 heterocycles. The number of nitro benzene ring substituents is 1. The molecule has 0 saturated heterocycles. The minimum absolute atomic E-state index is 0.0460. The maximum atomic E-state index is 10.8. The van der Waals surface area contributed by atoms with Gasteiger partial charge in [0.2, 0.25) is 0 Å². The number of ether oxygens (including phenoxy) is 1. The molecule has 0 aromatic heterocycles. The highest BCUT2D eigenvalue weighted by molar-refractivity contribution is 5.56. The first-order valence-electron chi connectivity index (χ1n) is 6.53. The van der Waals surface area contributed by atoms with E-state index in [1.807, 2.05) is 13.8 Å². The second kappa shape index (κ2) is 6.56. The average molecular weight is 282 g/mol. The minimum atomic E-state index is -0.869. The molecule has 1 atom stereocenters. The molecule has 2 N–H and O–H groups in total. The van der Waals surface area contributed by atoms with Crippen LogP contribution in [-0.4, -0.2) is 29.3 Å². The first kappa shape index (κ1) is 16.2. The number of non-ortho nitro benzene ring substituents is 1. The molecule has 1 aromatic carbocycles. The van der Waals surface area contributed by atoms with E-state index in [4.69, 9.17) is 4.74 Å². The van der Waals surface area contributed by atoms with Crippen LogP contribution in [0.2, 0.25) is 0 Å². The van der Waals surface area contributed by atoms with E-state index < -0.39 is 10.5 Å². The number of nitrogens with zero attached hydrogens (tertiary/aromatic N) is 1. The van der Waals surface area contributed by atoms with Crippen molar-refractivity contribution in [3.63, 3.8) is 0 Å². The number of hydrogen-bond donors (Lipinski definition) is 2. The standard InChI is InChI=1S/C14H22N2O4/c1-10(2)8-14(3,17)9-15-11-5-12(16(18)19)7-13(6-11)20-4/h5-7,10,15,17H,8-9H2,1-4H3. The summed E-state index contributed by atoms with van der Waals surface area (Å²) < 4.78 is 5.04. The van der Waals surface area contributed by atoms with Crippen LogP contribution in [-0.2, 0) is 0 Å². The summed E-state index contributed by atoms with van der Waals surface area (Å²) in [5, 5.41) is 24.1. The van der Waals surface area contributed by atoms with Gasteiger partial charge in [-0.05, 0) is 19.3 Å². The van der Waals surface area contributed by atoms with Gasteiger partial charge in [0.05, 0.1) is 23.7 Å². The summed E-state index contributed by atoms with van der Waals surface area (Å²) in [6.45, 7) is 6.12. The molecule has 1 unspecified atom stereocenters. The third-order valence-electron chi connectivity index (χ3n) is 2.86. The summed E-state index contributed by atoms with van der Waals surface area (Å²) in [5.41, 5.74) is -0.359. The monoisotopic (exact) mass is 282 g/mol. The Morgan fingerprint density at radius 1 is 1.45 bits per heavy atom. The van der Waals surface area contributed by atoms with E-state index in [1.165, 1.54) is 19.2 Å². The molecule has 0 aliphatic rings. The Balaban J connectivity index is 2.82. The summed E-state index contributed by atoms with van der Waals surface area (Å²) in [4.78, 5) is 10.4. The van der Waals surface area contributed by atoms with Gasteiger partial charge in [-0.15, -0.1) is 0 Å². The van der Waals surface area contributed by atoms with Crippen molar-refractivity contribution in [2.75, 3.05) is 19.0 Å². The lowest BCUT2D eigenvalue weighted by molar-refractivity contribution is -0.384. The van der Waals surface area contributed by atoms with Gasteiger partial charge in [-0.1, -0.05) is 13.8 Å². The van der Waals surface area contributed by atoms with Gasteiger partial charge in [0.25, 0.3) is 5.69 Å². The summed E-state index contributed by atoms with van der Waals surface area (Å²) in [6.07, 6.45) is 0.645. The Morgan fingerprint density at radius 2 is 2.10 bits per heavy atom. The number of nitrogens with one attached hydrogen (secondary N) is 1. The van der Waals surface area contributed by atoms with Crippen molar-refractivity contribution in [2.45, 2.75) is 32.8 Å². The minimum Gasteiger partial charge on any atom is -0.496 e. The normalized spacial score (nSPS) is 13.9. The number of rotatable bonds is 7. The molecular weight excluding hydrogens is 260 g/mol. The number of hydrogen-bond acceptors (Lipinski definition) is 5. The van der Waals surface area contributed by atoms with Gasteiger partial charge in [-0.2, -0.15) is 0 Å². The highest BCUT2D eigenvalue weighted by atomic mass is 16.6. The van der Waals surface area contributed by atoms with E-state index in [0.717, 1.165) is 0 Å². The van der Waals surface area contributed by atoms with Crippen LogP contribution in [0.25, 0.3) is 0 Å². The molecule has 6 nitrogen and oxygen atoms in total. The van der Waals surface area contributed by atoms with Crippen LogP contribution < -0.4 is 10.1 Å². The molecule has 6 heteroatoms. The van der Waals surface area contributed by atoms with E-state index in [-0.39, 0.29) is 5.69 Å². The molecule has 20 heavy (non-hydrogen) atoms. The van der Waals surface area contributed by atoms with Crippen LogP contribution >= 0.6 is 0 Å². The second-order valence-corrected chi connectivity index (χ2v) is 5.63. The van der Waals surface area contributed by atoms with Crippen molar-refractivity contribution >= 4 is 11.4 Å². The van der Waals surface area contributed by atoms with E-state index >= 15 is 0 Å². The highest BCUT2D eigenvalue weighted by Crippen LogP contribution is 2.26. The SMILES string of the molecule is COc1cc(NCC(C)(O)CC(C)C)cc([N+](=O)[O-])c1. The predicted molar refractivity (Wildman–Crippen MR) is 78.2 cm³/mol. The third-order valence-corrected chi connectivity index (χ3v) is 2.86. The summed E-state index contributed by atoms with van der Waals surface area (Å²) >= 11 is 0. The Labute approximate surface area is 118 Å². The number of nitro groups is 1. The van der Waals surface area contributed by atoms with Crippen LogP contribution in [0.4, 0.5) is 11.4 Å². The molecular formula is C14H22N2O4. The topological polar surface area (TPSA) is 84.6 Å². The maximum absolute atomic E-state index is 10.8. The number of aliphatic hydroxyl groups is 1. The fourth-order valence-electron chi connectivity index (χ4n) is 2.15. The summed E-state index contributed by atoms with van der Waals surface area (Å²) in [5.74, 6) is 0.775. The van der Waals surface area contributed by atoms with Gasteiger partial charge in [0.1, 0.15) is 5.75 Å². The molecule has 0 bridgehead atoms. The zero-order valence-corrected chi connectivity index (χ0v) is 12.3. The first-order chi connectivity index (χ1) is 9.23. The fraction of sp³-hybridized carbons (Fsp3) is 0.571. The van der Waals surface area contributed by atoms with Gasteiger partial charge in [-0.3, -0.25) is 10.1 Å². The van der Waals surface area contributed by atoms with Gasteiger partial charge in [0.15, 0.2) is 0 Å². The molecule has 1 rings (SSSR count). The highest BCUT2D eigenvalue weighted by Gasteiger charge is 2.22. The van der Waals surface area contributed by atoms with E-state index in [9.17, 15) is 15.2 Å². The number of methoxy groups -OCH3 is 1. The zero-order chi connectivity index (χ0) is 15.3. The maximum Gasteiger partial charge on any atom is 0.275 e. The Morgan fingerprint density at radius 3 is 2.60 bits per heavy atom. The lowest BCUT2D eigenvalue weighted by Gasteiger charge is -2.26. The van der Waals surface area contributed by atoms with Crippen molar-refractivity contribution in [1.29, 1.82) is 0 Å². The smallest absolute Gasteiger partial charge is 0.275 e. The van der Waals surface area contributed by atoms with E-state index in [2.05, 4.69) is 5.32 Å². The predicted octanol–water partition coefficient (Wildman–Crippen LogP) is 2.81. The molecule has 0 fully saturated rings. The summed E-state index contributed by atoms with van der Waals surface area (Å²) in [7, 11) is 1.46. The molecule has 1 aromatic rings. The molecule has 0 saturated carbocycles. The van der Waals surface area contributed by atoms with Crippen LogP contribution in [0.5, 0.6) is 5.75 Å². The molecule has 112 valence electrons. The molecule has 0 spiro atoms. The van der Waals surface area contributed by atoms with Crippen LogP contribution in [0.15, 0.2) is 18.2 Å².